The van der Waals surface area contributed by atoms with Gasteiger partial charge in [0.15, 0.2) is 5.65 Å². The van der Waals surface area contributed by atoms with Gasteiger partial charge < -0.3 is 5.32 Å². The summed E-state index contributed by atoms with van der Waals surface area (Å²) in [7, 11) is 1.84. The van der Waals surface area contributed by atoms with E-state index in [1.54, 1.807) is 17.1 Å². The molecule has 142 valence electrons. The molecule has 9 heteroatoms. The smallest absolute Gasteiger partial charge is 0.228 e. The van der Waals surface area contributed by atoms with Gasteiger partial charge in [-0.1, -0.05) is 0 Å². The Morgan fingerprint density at radius 2 is 2.11 bits per heavy atom. The van der Waals surface area contributed by atoms with Gasteiger partial charge in [0.2, 0.25) is 5.95 Å². The zero-order chi connectivity index (χ0) is 19.1. The summed E-state index contributed by atoms with van der Waals surface area (Å²) in [4.78, 5) is 8.84. The molecule has 0 aliphatic heterocycles. The van der Waals surface area contributed by atoms with Crippen LogP contribution in [0.25, 0.3) is 16.9 Å². The number of fused-ring (bicyclic) bond motifs is 1. The minimum absolute atomic E-state index is 0.193. The van der Waals surface area contributed by atoms with Crippen LogP contribution >= 0.6 is 0 Å². The predicted molar refractivity (Wildman–Crippen MR) is 102 cm³/mol. The van der Waals surface area contributed by atoms with Crippen molar-refractivity contribution in [3.63, 3.8) is 0 Å². The van der Waals surface area contributed by atoms with Gasteiger partial charge in [-0.3, -0.25) is 9.08 Å². The summed E-state index contributed by atoms with van der Waals surface area (Å²) in [5, 5.41) is 15.6. The molecule has 1 atom stereocenters. The Bertz CT molecular complexity index is 1130. The summed E-state index contributed by atoms with van der Waals surface area (Å²) >= 11 is 0. The second-order valence-corrected chi connectivity index (χ2v) is 7.05. The molecule has 1 aliphatic carbocycles. The lowest BCUT2D eigenvalue weighted by molar-refractivity contribution is 0.290. The second-order valence-electron chi connectivity index (χ2n) is 7.05. The van der Waals surface area contributed by atoms with Crippen molar-refractivity contribution in [2.75, 3.05) is 5.32 Å². The third-order valence-corrected chi connectivity index (χ3v) is 5.00. The third-order valence-electron chi connectivity index (χ3n) is 5.00. The molecule has 28 heavy (non-hydrogen) atoms. The zero-order valence-electron chi connectivity index (χ0n) is 15.3. The molecule has 1 fully saturated rings. The number of anilines is 2. The first-order valence-corrected chi connectivity index (χ1v) is 9.23. The van der Waals surface area contributed by atoms with Crippen molar-refractivity contribution < 1.29 is 4.39 Å². The number of nitrogens with one attached hydrogen (secondary N) is 1. The number of rotatable bonds is 6. The summed E-state index contributed by atoms with van der Waals surface area (Å²) in [6.07, 6.45) is 6.69. The van der Waals surface area contributed by atoms with Gasteiger partial charge in [-0.25, -0.2) is 14.4 Å². The average Bonchev–Trinajstić information content (AvgIpc) is 3.39. The van der Waals surface area contributed by atoms with Crippen molar-refractivity contribution in [2.45, 2.75) is 25.4 Å². The lowest BCUT2D eigenvalue weighted by Crippen LogP contribution is -2.10. The van der Waals surface area contributed by atoms with Crippen LogP contribution in [0.15, 0.2) is 42.9 Å². The van der Waals surface area contributed by atoms with E-state index in [1.165, 1.54) is 0 Å². The maximum atomic E-state index is 14.1. The molecule has 4 aromatic rings. The normalized spacial score (nSPS) is 15.1. The summed E-state index contributed by atoms with van der Waals surface area (Å²) in [6, 6.07) is 7.51. The number of halogens is 1. The number of aromatic nitrogens is 7. The molecule has 0 radical (unpaired) electrons. The average molecular weight is 378 g/mol. The van der Waals surface area contributed by atoms with Crippen molar-refractivity contribution in [2.24, 2.45) is 13.0 Å². The first kappa shape index (κ1) is 16.8. The van der Waals surface area contributed by atoms with E-state index in [9.17, 15) is 4.39 Å². The van der Waals surface area contributed by atoms with Crippen molar-refractivity contribution in [3.8, 4) is 11.3 Å². The molecule has 0 saturated heterocycles. The molecule has 0 aromatic carbocycles. The fourth-order valence-electron chi connectivity index (χ4n) is 3.23. The summed E-state index contributed by atoms with van der Waals surface area (Å²) in [6.45, 7) is 0. The minimum Gasteiger partial charge on any atom is -0.309 e. The van der Waals surface area contributed by atoms with Crippen LogP contribution in [0.2, 0.25) is 0 Å². The van der Waals surface area contributed by atoms with Crippen molar-refractivity contribution in [1.82, 2.24) is 34.3 Å². The van der Waals surface area contributed by atoms with Gasteiger partial charge in [0, 0.05) is 37.5 Å². The topological polar surface area (TPSA) is 85.8 Å². The van der Waals surface area contributed by atoms with Crippen LogP contribution in [0.3, 0.4) is 0 Å². The van der Waals surface area contributed by atoms with Crippen LogP contribution in [0, 0.1) is 5.92 Å². The van der Waals surface area contributed by atoms with Crippen LogP contribution in [-0.2, 0) is 13.5 Å². The van der Waals surface area contributed by atoms with E-state index in [-0.39, 0.29) is 5.92 Å². The molecule has 0 bridgehead atoms. The lowest BCUT2D eigenvalue weighted by Gasteiger charge is -2.08. The van der Waals surface area contributed by atoms with Gasteiger partial charge in [0.25, 0.3) is 0 Å². The quantitative estimate of drug-likeness (QED) is 0.555. The first-order valence-electron chi connectivity index (χ1n) is 9.23. The van der Waals surface area contributed by atoms with Crippen molar-refractivity contribution in [1.29, 1.82) is 0 Å². The third kappa shape index (κ3) is 3.19. The predicted octanol–water partition coefficient (Wildman–Crippen LogP) is 2.95. The Hall–Kier alpha value is -3.36. The summed E-state index contributed by atoms with van der Waals surface area (Å²) in [5.41, 5.74) is 2.32. The molecule has 1 unspecified atom stereocenters. The number of pyridine rings is 1. The van der Waals surface area contributed by atoms with Gasteiger partial charge in [0.05, 0.1) is 11.9 Å². The standard InChI is InChI=1S/C19H19FN8/c1-27-16(5-8-22-27)24-19-21-7-4-15(23-19)13-6-9-28-17(10-13)25-26-18(28)11-14(20)12-2-3-12/h4-10,12,14H,2-3,11H2,1H3,(H,21,23,24). The van der Waals surface area contributed by atoms with Crippen LogP contribution < -0.4 is 5.32 Å². The maximum Gasteiger partial charge on any atom is 0.228 e. The van der Waals surface area contributed by atoms with E-state index in [0.29, 0.717) is 23.8 Å². The maximum absolute atomic E-state index is 14.1. The largest absolute Gasteiger partial charge is 0.309 e. The molecule has 8 nitrogen and oxygen atoms in total. The molecule has 0 spiro atoms. The van der Waals surface area contributed by atoms with E-state index >= 15 is 0 Å². The van der Waals surface area contributed by atoms with Gasteiger partial charge in [-0.2, -0.15) is 5.10 Å². The number of alkyl halides is 1. The Morgan fingerprint density at radius 1 is 1.21 bits per heavy atom. The number of hydrogen-bond donors (Lipinski definition) is 1. The van der Waals surface area contributed by atoms with Gasteiger partial charge >= 0.3 is 0 Å². The Kier molecular flexibility index (Phi) is 4.00. The molecule has 0 amide bonds. The van der Waals surface area contributed by atoms with Crippen LogP contribution in [0.5, 0.6) is 0 Å². The van der Waals surface area contributed by atoms with E-state index in [1.807, 2.05) is 41.9 Å². The molecule has 1 N–H and O–H groups in total. The molecule has 1 saturated carbocycles. The Morgan fingerprint density at radius 3 is 2.89 bits per heavy atom. The zero-order valence-corrected chi connectivity index (χ0v) is 15.3. The highest BCUT2D eigenvalue weighted by Crippen LogP contribution is 2.35. The molecule has 1 aliphatic rings. The van der Waals surface area contributed by atoms with Crippen molar-refractivity contribution in [3.05, 3.63) is 48.7 Å². The number of nitrogens with zero attached hydrogens (tertiary/aromatic N) is 7. The van der Waals surface area contributed by atoms with E-state index in [2.05, 4.69) is 30.6 Å². The summed E-state index contributed by atoms with van der Waals surface area (Å²) < 4.78 is 17.7. The summed E-state index contributed by atoms with van der Waals surface area (Å²) in [5.74, 6) is 2.12. The first-order chi connectivity index (χ1) is 13.7. The highest BCUT2D eigenvalue weighted by atomic mass is 19.1. The highest BCUT2D eigenvalue weighted by Gasteiger charge is 2.32. The van der Waals surface area contributed by atoms with Gasteiger partial charge in [-0.05, 0) is 37.0 Å². The van der Waals surface area contributed by atoms with Gasteiger partial charge in [-0.15, -0.1) is 10.2 Å². The lowest BCUT2D eigenvalue weighted by atomic mass is 10.1. The SMILES string of the molecule is Cn1nccc1Nc1nccc(-c2ccn3c(CC(F)C4CC4)nnc3c2)n1. The Labute approximate surface area is 160 Å². The molecule has 4 heterocycles. The molecular formula is C19H19FN8. The highest BCUT2D eigenvalue weighted by molar-refractivity contribution is 5.65. The fourth-order valence-corrected chi connectivity index (χ4v) is 3.23. The van der Waals surface area contributed by atoms with Crippen LogP contribution in [-0.4, -0.2) is 40.5 Å². The van der Waals surface area contributed by atoms with Crippen LogP contribution in [0.1, 0.15) is 18.7 Å². The Balaban J connectivity index is 1.41. The van der Waals surface area contributed by atoms with Crippen molar-refractivity contribution >= 4 is 17.4 Å². The second kappa shape index (κ2) is 6.66. The monoisotopic (exact) mass is 378 g/mol. The number of aryl methyl sites for hydroxylation is 1. The van der Waals surface area contributed by atoms with Crippen LogP contribution in [0.4, 0.5) is 16.2 Å². The van der Waals surface area contributed by atoms with E-state index in [4.69, 9.17) is 0 Å². The van der Waals surface area contributed by atoms with E-state index < -0.39 is 6.17 Å². The molecule has 5 rings (SSSR count). The minimum atomic E-state index is -0.838. The molecule has 4 aromatic heterocycles. The molecular weight excluding hydrogens is 359 g/mol. The fraction of sp³-hybridized carbons (Fsp3) is 0.316. The van der Waals surface area contributed by atoms with Gasteiger partial charge in [0.1, 0.15) is 17.8 Å². The number of hydrogen-bond acceptors (Lipinski definition) is 6. The van der Waals surface area contributed by atoms with E-state index in [0.717, 1.165) is 29.9 Å².